The second-order valence-electron chi connectivity index (χ2n) is 7.64. The number of nitrogens with zero attached hydrogens (tertiary/aromatic N) is 5. The topological polar surface area (TPSA) is 73.1 Å². The summed E-state index contributed by atoms with van der Waals surface area (Å²) in [6.07, 6.45) is 7.01. The minimum atomic E-state index is 0.517. The van der Waals surface area contributed by atoms with E-state index in [1.165, 1.54) is 12.8 Å². The van der Waals surface area contributed by atoms with E-state index in [0.717, 1.165) is 41.0 Å². The van der Waals surface area contributed by atoms with Crippen LogP contribution in [0.1, 0.15) is 29.5 Å². The molecule has 1 aliphatic rings. The Balaban J connectivity index is 1.41. The molecule has 29 heavy (non-hydrogen) atoms. The van der Waals surface area contributed by atoms with E-state index in [9.17, 15) is 4.79 Å². The average Bonchev–Trinajstić information content (AvgIpc) is 3.47. The fourth-order valence-electron chi connectivity index (χ4n) is 3.20. The van der Waals surface area contributed by atoms with E-state index in [4.69, 9.17) is 4.74 Å². The van der Waals surface area contributed by atoms with Crippen LogP contribution in [0.15, 0.2) is 42.7 Å². The molecule has 0 atom stereocenters. The van der Waals surface area contributed by atoms with Crippen LogP contribution in [0.3, 0.4) is 0 Å². The van der Waals surface area contributed by atoms with Crippen molar-refractivity contribution in [3.63, 3.8) is 0 Å². The van der Waals surface area contributed by atoms with Gasteiger partial charge in [0, 0.05) is 37.5 Å². The fraction of sp³-hybridized carbons (Fsp3) is 0.364. The molecule has 2 aromatic heterocycles. The van der Waals surface area contributed by atoms with Crippen molar-refractivity contribution >= 4 is 6.41 Å². The molecule has 2 heterocycles. The highest BCUT2D eigenvalue weighted by Crippen LogP contribution is 2.30. The number of pyridine rings is 1. The van der Waals surface area contributed by atoms with Crippen LogP contribution in [0.4, 0.5) is 0 Å². The van der Waals surface area contributed by atoms with Gasteiger partial charge in [0.2, 0.25) is 12.3 Å². The van der Waals surface area contributed by atoms with Crippen molar-refractivity contribution in [2.75, 3.05) is 6.61 Å². The third-order valence-corrected chi connectivity index (χ3v) is 5.18. The van der Waals surface area contributed by atoms with Crippen molar-refractivity contribution < 1.29 is 9.53 Å². The third kappa shape index (κ3) is 4.80. The molecule has 1 fully saturated rings. The quantitative estimate of drug-likeness (QED) is 0.524. The molecule has 0 spiro atoms. The minimum absolute atomic E-state index is 0.517. The second kappa shape index (κ2) is 8.43. The van der Waals surface area contributed by atoms with Crippen LogP contribution in [0.25, 0.3) is 11.3 Å². The van der Waals surface area contributed by atoms with E-state index in [1.807, 2.05) is 50.5 Å². The van der Waals surface area contributed by atoms with Crippen LogP contribution in [0, 0.1) is 12.8 Å². The molecule has 1 aliphatic carbocycles. The van der Waals surface area contributed by atoms with E-state index in [-0.39, 0.29) is 0 Å². The Morgan fingerprint density at radius 2 is 2.00 bits per heavy atom. The number of carbonyl (C=O) groups is 1. The Bertz CT molecular complexity index is 979. The van der Waals surface area contributed by atoms with Gasteiger partial charge in [0.25, 0.3) is 0 Å². The zero-order valence-electron chi connectivity index (χ0n) is 16.8. The van der Waals surface area contributed by atoms with E-state index < -0.39 is 0 Å². The molecule has 0 unspecified atom stereocenters. The van der Waals surface area contributed by atoms with Gasteiger partial charge < -0.3 is 9.64 Å². The van der Waals surface area contributed by atoms with E-state index >= 15 is 0 Å². The van der Waals surface area contributed by atoms with E-state index in [0.29, 0.717) is 24.9 Å². The molecule has 1 amide bonds. The Morgan fingerprint density at radius 1 is 1.21 bits per heavy atom. The summed E-state index contributed by atoms with van der Waals surface area (Å²) >= 11 is 0. The third-order valence-electron chi connectivity index (χ3n) is 5.18. The Morgan fingerprint density at radius 3 is 2.66 bits per heavy atom. The first-order valence-electron chi connectivity index (χ1n) is 9.84. The average molecular weight is 391 g/mol. The normalized spacial score (nSPS) is 13.3. The highest BCUT2D eigenvalue weighted by Gasteiger charge is 2.22. The number of hydrogen-bond donors (Lipinski definition) is 0. The van der Waals surface area contributed by atoms with Crippen molar-refractivity contribution in [2.45, 2.75) is 32.9 Å². The molecule has 0 bridgehead atoms. The number of ether oxygens (including phenoxy) is 1. The molecule has 0 saturated heterocycles. The summed E-state index contributed by atoms with van der Waals surface area (Å²) in [7, 11) is 1.84. The maximum atomic E-state index is 11.7. The lowest BCUT2D eigenvalue weighted by atomic mass is 10.1. The van der Waals surface area contributed by atoms with Gasteiger partial charge in [0.05, 0.1) is 12.8 Å². The lowest BCUT2D eigenvalue weighted by molar-refractivity contribution is -0.119. The Hall–Kier alpha value is -3.22. The van der Waals surface area contributed by atoms with Gasteiger partial charge in [-0.2, -0.15) is 0 Å². The zero-order chi connectivity index (χ0) is 20.2. The van der Waals surface area contributed by atoms with Gasteiger partial charge in [-0.15, -0.1) is 5.10 Å². The van der Waals surface area contributed by atoms with Crippen LogP contribution >= 0.6 is 0 Å². The maximum Gasteiger partial charge on any atom is 0.216 e. The highest BCUT2D eigenvalue weighted by molar-refractivity contribution is 5.58. The molecule has 0 aliphatic heterocycles. The molecule has 0 radical (unpaired) electrons. The van der Waals surface area contributed by atoms with Crippen molar-refractivity contribution in [1.82, 2.24) is 24.9 Å². The van der Waals surface area contributed by atoms with Gasteiger partial charge in [-0.25, -0.2) is 4.98 Å². The Kier molecular flexibility index (Phi) is 5.55. The van der Waals surface area contributed by atoms with Crippen molar-refractivity contribution in [3.05, 3.63) is 59.4 Å². The zero-order valence-corrected chi connectivity index (χ0v) is 16.8. The van der Waals surface area contributed by atoms with Crippen molar-refractivity contribution in [3.8, 4) is 17.1 Å². The summed E-state index contributed by atoms with van der Waals surface area (Å²) < 4.78 is 7.54. The largest absolute Gasteiger partial charge is 0.477 e. The van der Waals surface area contributed by atoms with Gasteiger partial charge in [0.15, 0.2) is 0 Å². The Labute approximate surface area is 170 Å². The lowest BCUT2D eigenvalue weighted by Gasteiger charge is -2.20. The maximum absolute atomic E-state index is 11.7. The number of rotatable bonds is 9. The monoisotopic (exact) mass is 391 g/mol. The predicted molar refractivity (Wildman–Crippen MR) is 109 cm³/mol. The first-order chi connectivity index (χ1) is 14.1. The molecule has 7 heteroatoms. The lowest BCUT2D eigenvalue weighted by Crippen LogP contribution is -2.21. The van der Waals surface area contributed by atoms with Gasteiger partial charge >= 0.3 is 0 Å². The summed E-state index contributed by atoms with van der Waals surface area (Å²) in [5.41, 5.74) is 4.94. The number of aryl methyl sites for hydroxylation is 1. The van der Waals surface area contributed by atoms with Crippen LogP contribution in [-0.4, -0.2) is 37.9 Å². The summed E-state index contributed by atoms with van der Waals surface area (Å²) in [4.78, 5) is 17.8. The molecule has 0 N–H and O–H groups in total. The minimum Gasteiger partial charge on any atom is -0.477 e. The summed E-state index contributed by atoms with van der Waals surface area (Å²) in [5, 5.41) is 8.09. The summed E-state index contributed by atoms with van der Waals surface area (Å²) in [6.45, 7) is 3.78. The molecular weight excluding hydrogens is 366 g/mol. The van der Waals surface area contributed by atoms with Gasteiger partial charge in [0.1, 0.15) is 5.69 Å². The molecule has 4 rings (SSSR count). The number of benzene rings is 1. The number of amides is 1. The second-order valence-corrected chi connectivity index (χ2v) is 7.64. The van der Waals surface area contributed by atoms with Gasteiger partial charge in [-0.3, -0.25) is 9.48 Å². The van der Waals surface area contributed by atoms with Crippen molar-refractivity contribution in [2.24, 2.45) is 13.0 Å². The standard InChI is InChI=1S/C22H25N5O2/c1-16-20(9-10-23-22(16)29-14-18-3-4-18)12-27(15-28)11-17-5-7-19(8-6-17)21-13-26(2)25-24-21/h5-10,13,15,18H,3-4,11-12,14H2,1-2H3. The van der Waals surface area contributed by atoms with Crippen molar-refractivity contribution in [1.29, 1.82) is 0 Å². The first kappa shape index (κ1) is 19.1. The SMILES string of the molecule is Cc1c(CN(C=O)Cc2ccc(-c3cn(C)nn3)cc2)ccnc1OCC1CC1. The molecular formula is C22H25N5O2. The molecule has 150 valence electrons. The van der Waals surface area contributed by atoms with Gasteiger partial charge in [-0.05, 0) is 42.9 Å². The van der Waals surface area contributed by atoms with Crippen LogP contribution in [0.5, 0.6) is 5.88 Å². The molecule has 1 saturated carbocycles. The van der Waals surface area contributed by atoms with Crippen LogP contribution in [0.2, 0.25) is 0 Å². The smallest absolute Gasteiger partial charge is 0.216 e. The number of carbonyl (C=O) groups excluding carboxylic acids is 1. The van der Waals surface area contributed by atoms with E-state index in [2.05, 4.69) is 15.3 Å². The predicted octanol–water partition coefficient (Wildman–Crippen LogP) is 3.13. The number of aromatic nitrogens is 4. The molecule has 7 nitrogen and oxygen atoms in total. The summed E-state index contributed by atoms with van der Waals surface area (Å²) in [5.74, 6) is 1.35. The van der Waals surface area contributed by atoms with Crippen LogP contribution < -0.4 is 4.74 Å². The number of hydrogen-bond acceptors (Lipinski definition) is 5. The summed E-state index contributed by atoms with van der Waals surface area (Å²) in [6, 6.07) is 9.99. The van der Waals surface area contributed by atoms with Crippen LogP contribution in [-0.2, 0) is 24.9 Å². The van der Waals surface area contributed by atoms with E-state index in [1.54, 1.807) is 15.8 Å². The highest BCUT2D eigenvalue weighted by atomic mass is 16.5. The molecule has 3 aromatic rings. The molecule has 1 aromatic carbocycles. The fourth-order valence-corrected chi connectivity index (χ4v) is 3.20. The van der Waals surface area contributed by atoms with Gasteiger partial charge in [-0.1, -0.05) is 29.5 Å². The first-order valence-corrected chi connectivity index (χ1v) is 9.84.